The number of hydrogen-bond acceptors (Lipinski definition) is 4. The maximum absolute atomic E-state index is 11.6. The lowest BCUT2D eigenvalue weighted by molar-refractivity contribution is -0.119. The molecule has 1 aliphatic carbocycles. The van der Waals surface area contributed by atoms with Gasteiger partial charge in [0.25, 0.3) is 0 Å². The zero-order valence-corrected chi connectivity index (χ0v) is 10.6. The van der Waals surface area contributed by atoms with Gasteiger partial charge < -0.3 is 4.52 Å². The van der Waals surface area contributed by atoms with Crippen LogP contribution in [0, 0.1) is 5.92 Å². The smallest absolute Gasteiger partial charge is 0.234 e. The van der Waals surface area contributed by atoms with E-state index in [1.165, 1.54) is 12.8 Å². The van der Waals surface area contributed by atoms with Crippen LogP contribution in [0.1, 0.15) is 63.6 Å². The second kappa shape index (κ2) is 5.43. The molecule has 4 nitrogen and oxygen atoms in total. The topological polar surface area (TPSA) is 56.0 Å². The molecular formula is C13H20N2O2. The van der Waals surface area contributed by atoms with Gasteiger partial charge in [-0.25, -0.2) is 0 Å². The number of aromatic nitrogens is 2. The Morgan fingerprint density at radius 2 is 2.12 bits per heavy atom. The van der Waals surface area contributed by atoms with Gasteiger partial charge in [0, 0.05) is 12.3 Å². The largest absolute Gasteiger partial charge is 0.339 e. The van der Waals surface area contributed by atoms with Crippen LogP contribution in [0.5, 0.6) is 0 Å². The van der Waals surface area contributed by atoms with Gasteiger partial charge in [0.05, 0.1) is 6.42 Å². The Kier molecular flexibility index (Phi) is 3.92. The fraction of sp³-hybridized carbons (Fsp3) is 0.769. The summed E-state index contributed by atoms with van der Waals surface area (Å²) in [6, 6.07) is 0. The molecular weight excluding hydrogens is 216 g/mol. The summed E-state index contributed by atoms with van der Waals surface area (Å²) < 4.78 is 5.15. The van der Waals surface area contributed by atoms with Crippen LogP contribution in [0.15, 0.2) is 4.52 Å². The van der Waals surface area contributed by atoms with Crippen molar-refractivity contribution in [3.8, 4) is 0 Å². The molecule has 1 saturated carbocycles. The fourth-order valence-electron chi connectivity index (χ4n) is 2.39. The number of nitrogens with zero attached hydrogens (tertiary/aromatic N) is 2. The quantitative estimate of drug-likeness (QED) is 0.788. The molecule has 0 unspecified atom stereocenters. The van der Waals surface area contributed by atoms with E-state index >= 15 is 0 Å². The van der Waals surface area contributed by atoms with E-state index in [1.54, 1.807) is 0 Å². The molecule has 0 atom stereocenters. The van der Waals surface area contributed by atoms with Gasteiger partial charge in [0.1, 0.15) is 5.78 Å². The summed E-state index contributed by atoms with van der Waals surface area (Å²) in [7, 11) is 0. The number of carbonyl (C=O) groups is 1. The lowest BCUT2D eigenvalue weighted by Crippen LogP contribution is -2.06. The Morgan fingerprint density at radius 3 is 2.76 bits per heavy atom. The SMILES string of the molecule is CC(C)CC(=O)Cc1nc(C2CCCC2)no1. The van der Waals surface area contributed by atoms with Crippen molar-refractivity contribution in [1.82, 2.24) is 10.1 Å². The van der Waals surface area contributed by atoms with Crippen LogP contribution in [-0.4, -0.2) is 15.9 Å². The molecule has 0 saturated heterocycles. The van der Waals surface area contributed by atoms with Crippen molar-refractivity contribution in [2.45, 2.75) is 58.3 Å². The molecule has 2 rings (SSSR count). The first-order valence-corrected chi connectivity index (χ1v) is 6.49. The lowest BCUT2D eigenvalue weighted by atomic mass is 10.1. The summed E-state index contributed by atoms with van der Waals surface area (Å²) in [5, 5.41) is 3.99. The molecule has 0 aromatic carbocycles. The molecule has 1 aromatic rings. The summed E-state index contributed by atoms with van der Waals surface area (Å²) in [6.07, 6.45) is 5.68. The standard InChI is InChI=1S/C13H20N2O2/c1-9(2)7-11(16)8-12-14-13(15-17-12)10-5-3-4-6-10/h9-10H,3-8H2,1-2H3. The van der Waals surface area contributed by atoms with Crippen LogP contribution < -0.4 is 0 Å². The Labute approximate surface area is 102 Å². The third kappa shape index (κ3) is 3.38. The van der Waals surface area contributed by atoms with Crippen molar-refractivity contribution >= 4 is 5.78 Å². The molecule has 4 heteroatoms. The zero-order valence-electron chi connectivity index (χ0n) is 10.6. The highest BCUT2D eigenvalue weighted by Gasteiger charge is 2.22. The maximum atomic E-state index is 11.6. The molecule has 94 valence electrons. The lowest BCUT2D eigenvalue weighted by Gasteiger charge is -2.01. The number of ketones is 1. The van der Waals surface area contributed by atoms with Gasteiger partial charge in [-0.15, -0.1) is 0 Å². The molecule has 0 radical (unpaired) electrons. The van der Waals surface area contributed by atoms with Crippen molar-refractivity contribution in [2.24, 2.45) is 5.92 Å². The molecule has 1 heterocycles. The third-order valence-electron chi connectivity index (χ3n) is 3.19. The summed E-state index contributed by atoms with van der Waals surface area (Å²) in [6.45, 7) is 4.07. The first kappa shape index (κ1) is 12.3. The minimum Gasteiger partial charge on any atom is -0.339 e. The van der Waals surface area contributed by atoms with Crippen LogP contribution in [0.2, 0.25) is 0 Å². The highest BCUT2D eigenvalue weighted by atomic mass is 16.5. The molecule has 0 N–H and O–H groups in total. The minimum absolute atomic E-state index is 0.182. The van der Waals surface area contributed by atoms with Crippen LogP contribution in [0.25, 0.3) is 0 Å². The van der Waals surface area contributed by atoms with Crippen LogP contribution in [0.4, 0.5) is 0 Å². The van der Waals surface area contributed by atoms with Crippen molar-refractivity contribution in [3.05, 3.63) is 11.7 Å². The van der Waals surface area contributed by atoms with E-state index in [-0.39, 0.29) is 12.2 Å². The van der Waals surface area contributed by atoms with E-state index in [9.17, 15) is 4.79 Å². The highest BCUT2D eigenvalue weighted by Crippen LogP contribution is 2.32. The van der Waals surface area contributed by atoms with Gasteiger partial charge in [-0.3, -0.25) is 4.79 Å². The Hall–Kier alpha value is -1.19. The van der Waals surface area contributed by atoms with Crippen molar-refractivity contribution in [3.63, 3.8) is 0 Å². The highest BCUT2D eigenvalue weighted by molar-refractivity contribution is 5.80. The molecule has 0 aliphatic heterocycles. The normalized spacial score (nSPS) is 16.9. The number of rotatable bonds is 5. The van der Waals surface area contributed by atoms with E-state index in [2.05, 4.69) is 10.1 Å². The molecule has 1 aromatic heterocycles. The molecule has 17 heavy (non-hydrogen) atoms. The third-order valence-corrected chi connectivity index (χ3v) is 3.19. The van der Waals surface area contributed by atoms with Gasteiger partial charge in [-0.05, 0) is 18.8 Å². The Balaban J connectivity index is 1.91. The summed E-state index contributed by atoms with van der Waals surface area (Å²) >= 11 is 0. The number of hydrogen-bond donors (Lipinski definition) is 0. The van der Waals surface area contributed by atoms with Crippen LogP contribution >= 0.6 is 0 Å². The summed E-state index contributed by atoms with van der Waals surface area (Å²) in [5.41, 5.74) is 0. The Morgan fingerprint density at radius 1 is 1.41 bits per heavy atom. The first-order valence-electron chi connectivity index (χ1n) is 6.49. The van der Waals surface area contributed by atoms with E-state index in [1.807, 2.05) is 13.8 Å². The Bertz CT molecular complexity index is 379. The number of Topliss-reactive ketones (excluding diaryl/α,β-unsaturated/α-hetero) is 1. The molecule has 0 bridgehead atoms. The summed E-state index contributed by atoms with van der Waals surface area (Å²) in [5.74, 6) is 2.31. The summed E-state index contributed by atoms with van der Waals surface area (Å²) in [4.78, 5) is 16.0. The van der Waals surface area contributed by atoms with E-state index in [4.69, 9.17) is 4.52 Å². The van der Waals surface area contributed by atoms with Gasteiger partial charge in [-0.1, -0.05) is 31.8 Å². The average molecular weight is 236 g/mol. The molecule has 0 spiro atoms. The van der Waals surface area contributed by atoms with Crippen LogP contribution in [0.3, 0.4) is 0 Å². The first-order chi connectivity index (χ1) is 8.15. The predicted octanol–water partition coefficient (Wildman–Crippen LogP) is 2.88. The zero-order chi connectivity index (χ0) is 12.3. The number of carbonyl (C=O) groups excluding carboxylic acids is 1. The molecule has 1 fully saturated rings. The van der Waals surface area contributed by atoms with Crippen molar-refractivity contribution in [1.29, 1.82) is 0 Å². The maximum Gasteiger partial charge on any atom is 0.234 e. The average Bonchev–Trinajstić information content (AvgIpc) is 2.84. The van der Waals surface area contributed by atoms with E-state index < -0.39 is 0 Å². The molecule has 0 amide bonds. The minimum atomic E-state index is 0.182. The fourth-order valence-corrected chi connectivity index (χ4v) is 2.39. The van der Waals surface area contributed by atoms with E-state index in [0.29, 0.717) is 24.1 Å². The van der Waals surface area contributed by atoms with Gasteiger partial charge in [0.2, 0.25) is 5.89 Å². The van der Waals surface area contributed by atoms with E-state index in [0.717, 1.165) is 18.7 Å². The van der Waals surface area contributed by atoms with Crippen molar-refractivity contribution in [2.75, 3.05) is 0 Å². The predicted molar refractivity (Wildman–Crippen MR) is 63.7 cm³/mol. The van der Waals surface area contributed by atoms with Crippen LogP contribution in [-0.2, 0) is 11.2 Å². The molecule has 1 aliphatic rings. The monoisotopic (exact) mass is 236 g/mol. The second-order valence-corrected chi connectivity index (χ2v) is 5.34. The van der Waals surface area contributed by atoms with Gasteiger partial charge in [-0.2, -0.15) is 4.98 Å². The van der Waals surface area contributed by atoms with Gasteiger partial charge >= 0.3 is 0 Å². The second-order valence-electron chi connectivity index (χ2n) is 5.34. The van der Waals surface area contributed by atoms with Crippen molar-refractivity contribution < 1.29 is 9.32 Å². The van der Waals surface area contributed by atoms with Gasteiger partial charge in [0.15, 0.2) is 5.82 Å².